The number of amides is 2. The Hall–Kier alpha value is -2.58. The lowest BCUT2D eigenvalue weighted by Crippen LogP contribution is -2.42. The number of hydrogen-bond acceptors (Lipinski definition) is 4. The van der Waals surface area contributed by atoms with Crippen LogP contribution in [0.3, 0.4) is 0 Å². The number of carbonyl (C=O) groups is 2. The number of benzene rings is 2. The highest BCUT2D eigenvalue weighted by Crippen LogP contribution is 2.24. The summed E-state index contributed by atoms with van der Waals surface area (Å²) in [5, 5.41) is 2.36. The highest BCUT2D eigenvalue weighted by atomic mass is 79.9. The van der Waals surface area contributed by atoms with Crippen LogP contribution in [0.4, 0.5) is 4.39 Å². The Morgan fingerprint density at radius 3 is 2.69 bits per heavy atom. The zero-order valence-electron chi connectivity index (χ0n) is 13.3. The van der Waals surface area contributed by atoms with Gasteiger partial charge in [0.15, 0.2) is 0 Å². The van der Waals surface area contributed by atoms with Crippen LogP contribution < -0.4 is 10.9 Å². The standard InChI is InChI=1S/C18H13BrFN3O2S/c19-15-7-2-1-6-14(15)17(25)23-22-16(24)9-13-10-26-18(21-13)11-4-3-5-12(20)8-11/h1-8,10H,9H2,(H,22,24)(H,23,25). The van der Waals surface area contributed by atoms with Crippen LogP contribution in [0.1, 0.15) is 16.1 Å². The van der Waals surface area contributed by atoms with Crippen molar-refractivity contribution in [2.24, 2.45) is 0 Å². The molecule has 0 saturated carbocycles. The van der Waals surface area contributed by atoms with E-state index in [0.29, 0.717) is 26.3 Å². The van der Waals surface area contributed by atoms with Crippen LogP contribution in [0.2, 0.25) is 0 Å². The average molecular weight is 434 g/mol. The van der Waals surface area contributed by atoms with Crippen LogP contribution in [0.25, 0.3) is 10.6 Å². The summed E-state index contributed by atoms with van der Waals surface area (Å²) < 4.78 is 13.9. The molecular formula is C18H13BrFN3O2S. The van der Waals surface area contributed by atoms with E-state index in [2.05, 4.69) is 31.8 Å². The number of thiazole rings is 1. The Bertz CT molecular complexity index is 961. The van der Waals surface area contributed by atoms with E-state index in [-0.39, 0.29) is 12.2 Å². The van der Waals surface area contributed by atoms with Crippen LogP contribution in [-0.4, -0.2) is 16.8 Å². The van der Waals surface area contributed by atoms with Crippen LogP contribution in [-0.2, 0) is 11.2 Å². The fourth-order valence-electron chi connectivity index (χ4n) is 2.19. The topological polar surface area (TPSA) is 71.1 Å². The maximum Gasteiger partial charge on any atom is 0.270 e. The first-order valence-corrected chi connectivity index (χ1v) is 9.24. The van der Waals surface area contributed by atoms with Gasteiger partial charge in [0.05, 0.1) is 17.7 Å². The lowest BCUT2D eigenvalue weighted by Gasteiger charge is -2.07. The molecule has 0 aliphatic carbocycles. The van der Waals surface area contributed by atoms with E-state index in [1.54, 1.807) is 41.8 Å². The maximum atomic E-state index is 13.3. The SMILES string of the molecule is O=C(Cc1csc(-c2cccc(F)c2)n1)NNC(=O)c1ccccc1Br. The first kappa shape index (κ1) is 18.2. The summed E-state index contributed by atoms with van der Waals surface area (Å²) in [5.74, 6) is -1.17. The molecule has 0 radical (unpaired) electrons. The lowest BCUT2D eigenvalue weighted by molar-refractivity contribution is -0.121. The van der Waals surface area contributed by atoms with Gasteiger partial charge >= 0.3 is 0 Å². The fourth-order valence-corrected chi connectivity index (χ4v) is 3.47. The van der Waals surface area contributed by atoms with Crippen LogP contribution >= 0.6 is 27.3 Å². The number of hydrogen-bond donors (Lipinski definition) is 2. The first-order valence-electron chi connectivity index (χ1n) is 7.57. The molecule has 0 saturated heterocycles. The van der Waals surface area contributed by atoms with Gasteiger partial charge in [-0.1, -0.05) is 24.3 Å². The molecule has 2 amide bonds. The van der Waals surface area contributed by atoms with Crippen molar-refractivity contribution >= 4 is 39.1 Å². The van der Waals surface area contributed by atoms with E-state index in [1.807, 2.05) is 0 Å². The third-order valence-corrected chi connectivity index (χ3v) is 5.03. The Morgan fingerprint density at radius 1 is 1.12 bits per heavy atom. The molecule has 1 aromatic heterocycles. The van der Waals surface area contributed by atoms with E-state index in [0.717, 1.165) is 0 Å². The predicted molar refractivity (Wildman–Crippen MR) is 101 cm³/mol. The van der Waals surface area contributed by atoms with Gasteiger partial charge in [0.2, 0.25) is 5.91 Å². The van der Waals surface area contributed by atoms with Crippen molar-refractivity contribution in [1.29, 1.82) is 0 Å². The molecule has 26 heavy (non-hydrogen) atoms. The minimum absolute atomic E-state index is 0.00204. The molecule has 1 heterocycles. The number of nitrogens with one attached hydrogen (secondary N) is 2. The Labute approximate surface area is 161 Å². The molecule has 0 unspecified atom stereocenters. The van der Waals surface area contributed by atoms with Gasteiger partial charge in [-0.05, 0) is 40.2 Å². The zero-order chi connectivity index (χ0) is 18.5. The number of nitrogens with zero attached hydrogens (tertiary/aromatic N) is 1. The molecule has 0 bridgehead atoms. The number of halogens is 2. The minimum Gasteiger partial charge on any atom is -0.273 e. The number of rotatable bonds is 4. The predicted octanol–water partition coefficient (Wildman–Crippen LogP) is 3.72. The maximum absolute atomic E-state index is 13.3. The summed E-state index contributed by atoms with van der Waals surface area (Å²) in [6, 6.07) is 13.0. The second-order valence-electron chi connectivity index (χ2n) is 5.31. The Kier molecular flexibility index (Phi) is 5.75. The molecule has 0 fully saturated rings. The number of carbonyl (C=O) groups excluding carboxylic acids is 2. The fraction of sp³-hybridized carbons (Fsp3) is 0.0556. The van der Waals surface area contributed by atoms with Crippen LogP contribution in [0, 0.1) is 5.82 Å². The Morgan fingerprint density at radius 2 is 1.92 bits per heavy atom. The summed E-state index contributed by atoms with van der Waals surface area (Å²) in [4.78, 5) is 28.4. The summed E-state index contributed by atoms with van der Waals surface area (Å²) in [7, 11) is 0. The van der Waals surface area contributed by atoms with Crippen molar-refractivity contribution in [3.05, 3.63) is 75.5 Å². The molecule has 5 nitrogen and oxygen atoms in total. The molecule has 0 aliphatic rings. The zero-order valence-corrected chi connectivity index (χ0v) is 15.7. The summed E-state index contributed by atoms with van der Waals surface area (Å²) in [6.45, 7) is 0. The molecule has 2 N–H and O–H groups in total. The van der Waals surface area contributed by atoms with Gasteiger partial charge in [0.25, 0.3) is 5.91 Å². The van der Waals surface area contributed by atoms with Crippen molar-refractivity contribution in [3.8, 4) is 10.6 Å². The molecule has 2 aromatic carbocycles. The molecule has 0 spiro atoms. The molecule has 132 valence electrons. The lowest BCUT2D eigenvalue weighted by atomic mass is 10.2. The van der Waals surface area contributed by atoms with Gasteiger partial charge in [-0.2, -0.15) is 0 Å². The van der Waals surface area contributed by atoms with Crippen LogP contribution in [0.5, 0.6) is 0 Å². The quantitative estimate of drug-likeness (QED) is 0.615. The third kappa shape index (κ3) is 4.53. The third-order valence-electron chi connectivity index (χ3n) is 3.40. The smallest absolute Gasteiger partial charge is 0.270 e. The first-order chi connectivity index (χ1) is 12.5. The highest BCUT2D eigenvalue weighted by molar-refractivity contribution is 9.10. The summed E-state index contributed by atoms with van der Waals surface area (Å²) in [6.07, 6.45) is 0.00204. The van der Waals surface area contributed by atoms with Crippen molar-refractivity contribution in [3.63, 3.8) is 0 Å². The van der Waals surface area contributed by atoms with Crippen molar-refractivity contribution in [2.75, 3.05) is 0 Å². The summed E-state index contributed by atoms with van der Waals surface area (Å²) in [5.41, 5.74) is 6.34. The second kappa shape index (κ2) is 8.20. The molecule has 3 aromatic rings. The van der Waals surface area contributed by atoms with Crippen molar-refractivity contribution < 1.29 is 14.0 Å². The normalized spacial score (nSPS) is 10.4. The highest BCUT2D eigenvalue weighted by Gasteiger charge is 2.12. The molecule has 3 rings (SSSR count). The summed E-state index contributed by atoms with van der Waals surface area (Å²) >= 11 is 4.60. The Balaban J connectivity index is 1.57. The van der Waals surface area contributed by atoms with E-state index in [4.69, 9.17) is 0 Å². The van der Waals surface area contributed by atoms with Gasteiger partial charge < -0.3 is 0 Å². The van der Waals surface area contributed by atoms with Gasteiger partial charge in [0, 0.05) is 15.4 Å². The number of hydrazine groups is 1. The van der Waals surface area contributed by atoms with E-state index < -0.39 is 11.8 Å². The number of aromatic nitrogens is 1. The van der Waals surface area contributed by atoms with Gasteiger partial charge in [-0.3, -0.25) is 20.4 Å². The minimum atomic E-state index is -0.426. The van der Waals surface area contributed by atoms with Gasteiger partial charge in [-0.15, -0.1) is 11.3 Å². The molecule has 0 aliphatic heterocycles. The van der Waals surface area contributed by atoms with E-state index in [9.17, 15) is 14.0 Å². The average Bonchev–Trinajstić information content (AvgIpc) is 3.08. The van der Waals surface area contributed by atoms with Crippen molar-refractivity contribution in [2.45, 2.75) is 6.42 Å². The van der Waals surface area contributed by atoms with Gasteiger partial charge in [0.1, 0.15) is 10.8 Å². The largest absolute Gasteiger partial charge is 0.273 e. The monoisotopic (exact) mass is 433 g/mol. The van der Waals surface area contributed by atoms with Gasteiger partial charge in [-0.25, -0.2) is 9.37 Å². The van der Waals surface area contributed by atoms with Crippen molar-refractivity contribution in [1.82, 2.24) is 15.8 Å². The molecule has 8 heteroatoms. The second-order valence-corrected chi connectivity index (χ2v) is 7.03. The van der Waals surface area contributed by atoms with E-state index in [1.165, 1.54) is 23.5 Å². The van der Waals surface area contributed by atoms with Crippen LogP contribution in [0.15, 0.2) is 58.4 Å². The molecular weight excluding hydrogens is 421 g/mol. The molecule has 0 atom stereocenters. The van der Waals surface area contributed by atoms with E-state index >= 15 is 0 Å².